The van der Waals surface area contributed by atoms with Crippen LogP contribution in [0, 0.1) is 0 Å². The van der Waals surface area contributed by atoms with Crippen molar-refractivity contribution < 1.29 is 9.59 Å². The molecule has 0 fully saturated rings. The zero-order valence-electron chi connectivity index (χ0n) is 11.8. The Morgan fingerprint density at radius 1 is 1.30 bits per heavy atom. The van der Waals surface area contributed by atoms with Crippen molar-refractivity contribution in [3.63, 3.8) is 0 Å². The van der Waals surface area contributed by atoms with Crippen molar-refractivity contribution in [3.05, 3.63) is 28.8 Å². The zero-order valence-corrected chi connectivity index (χ0v) is 12.5. The average Bonchev–Trinajstić information content (AvgIpc) is 2.42. The minimum Gasteiger partial charge on any atom is -0.399 e. The minimum atomic E-state index is -0.324. The summed E-state index contributed by atoms with van der Waals surface area (Å²) >= 11 is 5.94. The first-order chi connectivity index (χ1) is 9.49. The summed E-state index contributed by atoms with van der Waals surface area (Å²) in [6.45, 7) is 5.47. The van der Waals surface area contributed by atoms with Gasteiger partial charge < -0.3 is 16.0 Å². The number of benzene rings is 1. The molecule has 0 saturated heterocycles. The van der Waals surface area contributed by atoms with E-state index in [9.17, 15) is 9.59 Å². The van der Waals surface area contributed by atoms with Crippen LogP contribution in [-0.4, -0.2) is 36.3 Å². The first-order valence-electron chi connectivity index (χ1n) is 6.60. The number of hydrogen-bond donors (Lipinski definition) is 2. The first-order valence-corrected chi connectivity index (χ1v) is 6.98. The molecule has 0 atom stereocenters. The third-order valence-electron chi connectivity index (χ3n) is 2.98. The molecule has 0 unspecified atom stereocenters. The van der Waals surface area contributed by atoms with Gasteiger partial charge in [-0.15, -0.1) is 0 Å². The molecule has 0 aliphatic heterocycles. The quantitative estimate of drug-likeness (QED) is 0.788. The Labute approximate surface area is 124 Å². The highest BCUT2D eigenvalue weighted by Crippen LogP contribution is 2.18. The maximum Gasteiger partial charge on any atom is 0.252 e. The van der Waals surface area contributed by atoms with Gasteiger partial charge in [0.05, 0.1) is 10.6 Å². The topological polar surface area (TPSA) is 75.4 Å². The van der Waals surface area contributed by atoms with Crippen LogP contribution in [-0.2, 0) is 4.79 Å². The van der Waals surface area contributed by atoms with Crippen LogP contribution in [0.5, 0.6) is 0 Å². The van der Waals surface area contributed by atoms with E-state index in [0.717, 1.165) is 0 Å². The van der Waals surface area contributed by atoms with Gasteiger partial charge in [-0.1, -0.05) is 11.6 Å². The lowest BCUT2D eigenvalue weighted by Gasteiger charge is -2.18. The van der Waals surface area contributed by atoms with E-state index in [1.165, 1.54) is 6.07 Å². The molecule has 3 N–H and O–H groups in total. The van der Waals surface area contributed by atoms with E-state index >= 15 is 0 Å². The van der Waals surface area contributed by atoms with Crippen LogP contribution in [0.2, 0.25) is 5.02 Å². The molecule has 1 aromatic rings. The van der Waals surface area contributed by atoms with Gasteiger partial charge >= 0.3 is 0 Å². The fraction of sp³-hybridized carbons (Fsp3) is 0.429. The van der Waals surface area contributed by atoms with Crippen molar-refractivity contribution in [1.29, 1.82) is 0 Å². The fourth-order valence-electron chi connectivity index (χ4n) is 1.83. The number of nitrogens with one attached hydrogen (secondary N) is 1. The monoisotopic (exact) mass is 297 g/mol. The summed E-state index contributed by atoms with van der Waals surface area (Å²) in [5.74, 6) is -0.302. The minimum absolute atomic E-state index is 0.0222. The first kappa shape index (κ1) is 16.3. The number of halogens is 1. The zero-order chi connectivity index (χ0) is 15.1. The largest absolute Gasteiger partial charge is 0.399 e. The highest BCUT2D eigenvalue weighted by atomic mass is 35.5. The second kappa shape index (κ2) is 7.75. The van der Waals surface area contributed by atoms with Crippen molar-refractivity contribution in [3.8, 4) is 0 Å². The summed E-state index contributed by atoms with van der Waals surface area (Å²) in [6, 6.07) is 4.72. The molecule has 20 heavy (non-hydrogen) atoms. The Bertz CT molecular complexity index is 487. The van der Waals surface area contributed by atoms with E-state index in [1.807, 2.05) is 13.8 Å². The van der Waals surface area contributed by atoms with Crippen LogP contribution >= 0.6 is 11.6 Å². The molecule has 0 bridgehead atoms. The molecule has 110 valence electrons. The smallest absolute Gasteiger partial charge is 0.252 e. The Morgan fingerprint density at radius 3 is 2.55 bits per heavy atom. The van der Waals surface area contributed by atoms with Crippen molar-refractivity contribution in [2.45, 2.75) is 20.3 Å². The van der Waals surface area contributed by atoms with Crippen LogP contribution in [0.3, 0.4) is 0 Å². The van der Waals surface area contributed by atoms with E-state index in [4.69, 9.17) is 17.3 Å². The van der Waals surface area contributed by atoms with E-state index in [-0.39, 0.29) is 24.8 Å². The van der Waals surface area contributed by atoms with Gasteiger partial charge in [0.25, 0.3) is 5.91 Å². The molecule has 0 aromatic heterocycles. The number of amides is 2. The Hall–Kier alpha value is -1.75. The number of carbonyl (C=O) groups excluding carboxylic acids is 2. The van der Waals surface area contributed by atoms with Gasteiger partial charge in [0.15, 0.2) is 0 Å². The Balaban J connectivity index is 2.52. The lowest BCUT2D eigenvalue weighted by atomic mass is 10.2. The average molecular weight is 298 g/mol. The van der Waals surface area contributed by atoms with Crippen LogP contribution < -0.4 is 11.1 Å². The Morgan fingerprint density at radius 2 is 1.95 bits per heavy atom. The second-order valence-electron chi connectivity index (χ2n) is 4.31. The lowest BCUT2D eigenvalue weighted by Crippen LogP contribution is -2.34. The third kappa shape index (κ3) is 4.42. The van der Waals surface area contributed by atoms with Crippen molar-refractivity contribution >= 4 is 29.1 Å². The molecule has 1 aromatic carbocycles. The molecule has 5 nitrogen and oxygen atoms in total. The molecule has 1 rings (SSSR count). The molecule has 0 saturated carbocycles. The SMILES string of the molecule is CCN(CC)C(=O)CCNC(=O)c1cc(N)ccc1Cl. The number of rotatable bonds is 6. The maximum absolute atomic E-state index is 11.9. The predicted molar refractivity (Wildman–Crippen MR) is 80.7 cm³/mol. The number of nitrogen functional groups attached to an aromatic ring is 1. The molecule has 0 radical (unpaired) electrons. The molecule has 0 spiro atoms. The van der Waals surface area contributed by atoms with Gasteiger partial charge in [-0.3, -0.25) is 9.59 Å². The highest BCUT2D eigenvalue weighted by Gasteiger charge is 2.12. The van der Waals surface area contributed by atoms with Crippen LogP contribution in [0.15, 0.2) is 18.2 Å². The van der Waals surface area contributed by atoms with Crippen molar-refractivity contribution in [1.82, 2.24) is 10.2 Å². The predicted octanol–water partition coefficient (Wildman–Crippen LogP) is 1.91. The molecule has 0 heterocycles. The number of anilines is 1. The number of nitrogens with two attached hydrogens (primary N) is 1. The van der Waals surface area contributed by atoms with Gasteiger partial charge in [-0.2, -0.15) is 0 Å². The summed E-state index contributed by atoms with van der Waals surface area (Å²) < 4.78 is 0. The summed E-state index contributed by atoms with van der Waals surface area (Å²) in [5, 5.41) is 3.01. The van der Waals surface area contributed by atoms with Crippen molar-refractivity contribution in [2.75, 3.05) is 25.4 Å². The van der Waals surface area contributed by atoms with Gasteiger partial charge in [-0.05, 0) is 32.0 Å². The van der Waals surface area contributed by atoms with Crippen LogP contribution in [0.1, 0.15) is 30.6 Å². The number of nitrogens with zero attached hydrogens (tertiary/aromatic N) is 1. The fourth-order valence-corrected chi connectivity index (χ4v) is 2.03. The lowest BCUT2D eigenvalue weighted by molar-refractivity contribution is -0.130. The van der Waals surface area contributed by atoms with Gasteiger partial charge in [0.1, 0.15) is 0 Å². The van der Waals surface area contributed by atoms with Crippen molar-refractivity contribution in [2.24, 2.45) is 0 Å². The Kier molecular flexibility index (Phi) is 6.31. The highest BCUT2D eigenvalue weighted by molar-refractivity contribution is 6.34. The van der Waals surface area contributed by atoms with Crippen LogP contribution in [0.25, 0.3) is 0 Å². The number of hydrogen-bond acceptors (Lipinski definition) is 3. The molecule has 0 aliphatic rings. The van der Waals surface area contributed by atoms with E-state index < -0.39 is 0 Å². The summed E-state index contributed by atoms with van der Waals surface area (Å²) in [7, 11) is 0. The normalized spacial score (nSPS) is 10.2. The molecular formula is C14H20ClN3O2. The molecule has 2 amide bonds. The van der Waals surface area contributed by atoms with E-state index in [1.54, 1.807) is 17.0 Å². The molecule has 0 aliphatic carbocycles. The van der Waals surface area contributed by atoms with Crippen LogP contribution in [0.4, 0.5) is 5.69 Å². The number of carbonyl (C=O) groups is 2. The molecule has 6 heteroatoms. The second-order valence-corrected chi connectivity index (χ2v) is 4.72. The van der Waals surface area contributed by atoms with E-state index in [2.05, 4.69) is 5.32 Å². The van der Waals surface area contributed by atoms with Gasteiger partial charge in [0.2, 0.25) is 5.91 Å². The summed E-state index contributed by atoms with van der Waals surface area (Å²) in [6.07, 6.45) is 0.271. The van der Waals surface area contributed by atoms with Gasteiger partial charge in [-0.25, -0.2) is 0 Å². The summed E-state index contributed by atoms with van der Waals surface area (Å²) in [5.41, 5.74) is 6.41. The maximum atomic E-state index is 11.9. The summed E-state index contributed by atoms with van der Waals surface area (Å²) in [4.78, 5) is 25.4. The standard InChI is InChI=1S/C14H20ClN3O2/c1-3-18(4-2)13(19)7-8-17-14(20)11-9-10(16)5-6-12(11)15/h5-6,9H,3-4,7-8,16H2,1-2H3,(H,17,20). The molecular weight excluding hydrogens is 278 g/mol. The third-order valence-corrected chi connectivity index (χ3v) is 3.31. The van der Waals surface area contributed by atoms with E-state index in [0.29, 0.717) is 29.4 Å². The van der Waals surface area contributed by atoms with Gasteiger partial charge in [0, 0.05) is 31.7 Å².